The number of benzene rings is 2. The highest BCUT2D eigenvalue weighted by molar-refractivity contribution is 7.92. The molecule has 0 aliphatic heterocycles. The monoisotopic (exact) mass is 375 g/mol. The summed E-state index contributed by atoms with van der Waals surface area (Å²) in [6.45, 7) is 2.21. The van der Waals surface area contributed by atoms with Crippen LogP contribution in [0.4, 0.5) is 5.69 Å². The molecule has 2 aromatic heterocycles. The van der Waals surface area contributed by atoms with Gasteiger partial charge in [0, 0.05) is 12.6 Å². The molecular formula is C16H13N3O6S. The van der Waals surface area contributed by atoms with E-state index in [1.807, 2.05) is 0 Å². The van der Waals surface area contributed by atoms with Crippen LogP contribution in [0.15, 0.2) is 59.7 Å². The fraction of sp³-hybridized carbons (Fsp3) is 0.125. The van der Waals surface area contributed by atoms with E-state index >= 15 is 0 Å². The quantitative estimate of drug-likeness (QED) is 0.560. The molecule has 2 aromatic carbocycles. The van der Waals surface area contributed by atoms with Gasteiger partial charge < -0.3 is 8.83 Å². The second-order valence-electron chi connectivity index (χ2n) is 5.57. The fourth-order valence-electron chi connectivity index (χ4n) is 2.74. The number of aromatic amines is 1. The summed E-state index contributed by atoms with van der Waals surface area (Å²) in [6.07, 6.45) is 0. The Kier molecular flexibility index (Phi) is 3.51. The molecule has 4 rings (SSSR count). The minimum atomic E-state index is -3.92. The standard InChI is InChI=1S/C16H13N3O6S/c1-2-19-12-5-4-10(8-14(12)25-16(19)21)26(22,23)18-9-3-6-13-11(7-9)17-15(20)24-13/h3-8,18H,2H2,1H3,(H,17,20). The van der Waals surface area contributed by atoms with Crippen molar-refractivity contribution in [3.8, 4) is 0 Å². The van der Waals surface area contributed by atoms with Crippen molar-refractivity contribution in [2.75, 3.05) is 4.72 Å². The van der Waals surface area contributed by atoms with Gasteiger partial charge in [-0.25, -0.2) is 18.0 Å². The zero-order valence-corrected chi connectivity index (χ0v) is 14.3. The van der Waals surface area contributed by atoms with E-state index in [1.54, 1.807) is 6.92 Å². The SMILES string of the molecule is CCn1c(=O)oc2cc(S(=O)(=O)Nc3ccc4oc(=O)[nH]c4c3)ccc21. The first-order valence-corrected chi connectivity index (χ1v) is 9.15. The lowest BCUT2D eigenvalue weighted by molar-refractivity contribution is 0.512. The van der Waals surface area contributed by atoms with Crippen molar-refractivity contribution in [1.82, 2.24) is 9.55 Å². The number of aromatic nitrogens is 2. The van der Waals surface area contributed by atoms with Gasteiger partial charge in [0.1, 0.15) is 0 Å². The molecule has 0 aliphatic rings. The number of sulfonamides is 1. The minimum absolute atomic E-state index is 0.0530. The summed E-state index contributed by atoms with van der Waals surface area (Å²) in [7, 11) is -3.92. The van der Waals surface area contributed by atoms with Crippen molar-refractivity contribution in [3.63, 3.8) is 0 Å². The Bertz CT molecular complexity index is 1360. The summed E-state index contributed by atoms with van der Waals surface area (Å²) in [5.41, 5.74) is 1.66. The van der Waals surface area contributed by atoms with Crippen molar-refractivity contribution in [3.05, 3.63) is 57.5 Å². The second-order valence-corrected chi connectivity index (χ2v) is 7.26. The number of aryl methyl sites for hydroxylation is 1. The molecule has 0 atom stereocenters. The summed E-state index contributed by atoms with van der Waals surface area (Å²) in [5, 5.41) is 0. The maximum atomic E-state index is 12.6. The third-order valence-corrected chi connectivity index (χ3v) is 5.32. The number of fused-ring (bicyclic) bond motifs is 2. The highest BCUT2D eigenvalue weighted by atomic mass is 32.2. The maximum absolute atomic E-state index is 12.6. The summed E-state index contributed by atoms with van der Waals surface area (Å²) in [6, 6.07) is 8.62. The molecule has 134 valence electrons. The number of nitrogens with zero attached hydrogens (tertiary/aromatic N) is 1. The molecule has 9 nitrogen and oxygen atoms in total. The van der Waals surface area contributed by atoms with E-state index in [0.29, 0.717) is 23.2 Å². The number of nitrogens with one attached hydrogen (secondary N) is 2. The molecule has 0 unspecified atom stereocenters. The first kappa shape index (κ1) is 16.2. The van der Waals surface area contributed by atoms with Crippen molar-refractivity contribution in [2.24, 2.45) is 0 Å². The summed E-state index contributed by atoms with van der Waals surface area (Å²) >= 11 is 0. The highest BCUT2D eigenvalue weighted by Gasteiger charge is 2.18. The van der Waals surface area contributed by atoms with Gasteiger partial charge in [-0.3, -0.25) is 14.3 Å². The summed E-state index contributed by atoms with van der Waals surface area (Å²) < 4.78 is 39.0. The van der Waals surface area contributed by atoms with Gasteiger partial charge in [-0.1, -0.05) is 0 Å². The third kappa shape index (κ3) is 2.60. The van der Waals surface area contributed by atoms with Crippen LogP contribution in [-0.2, 0) is 16.6 Å². The zero-order chi connectivity index (χ0) is 18.5. The zero-order valence-electron chi connectivity index (χ0n) is 13.5. The molecule has 0 bridgehead atoms. The highest BCUT2D eigenvalue weighted by Crippen LogP contribution is 2.23. The Labute approximate surface area is 145 Å². The van der Waals surface area contributed by atoms with Gasteiger partial charge in [-0.2, -0.15) is 0 Å². The smallest absolute Gasteiger partial charge is 0.408 e. The van der Waals surface area contributed by atoms with Gasteiger partial charge in [0.25, 0.3) is 10.0 Å². The van der Waals surface area contributed by atoms with E-state index in [-0.39, 0.29) is 16.2 Å². The van der Waals surface area contributed by atoms with Crippen LogP contribution in [0.5, 0.6) is 0 Å². The first-order valence-electron chi connectivity index (χ1n) is 7.66. The molecule has 10 heteroatoms. The molecule has 4 aromatic rings. The molecule has 2 N–H and O–H groups in total. The number of H-pyrrole nitrogens is 1. The predicted octanol–water partition coefficient (Wildman–Crippen LogP) is 1.85. The maximum Gasteiger partial charge on any atom is 0.419 e. The second kappa shape index (κ2) is 5.63. The molecule has 0 saturated heterocycles. The largest absolute Gasteiger partial charge is 0.419 e. The van der Waals surface area contributed by atoms with E-state index in [2.05, 4.69) is 9.71 Å². The topological polar surface area (TPSA) is 127 Å². The van der Waals surface area contributed by atoms with Crippen molar-refractivity contribution in [2.45, 2.75) is 18.4 Å². The average molecular weight is 375 g/mol. The molecule has 2 heterocycles. The number of hydrogen-bond donors (Lipinski definition) is 2. The Hall–Kier alpha value is -3.27. The number of rotatable bonds is 4. The van der Waals surface area contributed by atoms with E-state index in [0.717, 1.165) is 0 Å². The Morgan fingerprint density at radius 2 is 1.88 bits per heavy atom. The van der Waals surface area contributed by atoms with Crippen LogP contribution in [0.3, 0.4) is 0 Å². The summed E-state index contributed by atoms with van der Waals surface area (Å²) in [5.74, 6) is -1.17. The molecule has 0 fully saturated rings. The number of hydrogen-bond acceptors (Lipinski definition) is 6. The summed E-state index contributed by atoms with van der Waals surface area (Å²) in [4.78, 5) is 25.3. The lowest BCUT2D eigenvalue weighted by Crippen LogP contribution is -2.13. The lowest BCUT2D eigenvalue weighted by atomic mass is 10.3. The van der Waals surface area contributed by atoms with Gasteiger partial charge in [0.2, 0.25) is 0 Å². The van der Waals surface area contributed by atoms with Gasteiger partial charge in [-0.15, -0.1) is 0 Å². The van der Waals surface area contributed by atoms with E-state index in [9.17, 15) is 18.0 Å². The van der Waals surface area contributed by atoms with Crippen LogP contribution in [-0.4, -0.2) is 18.0 Å². The van der Waals surface area contributed by atoms with Crippen LogP contribution in [0.1, 0.15) is 6.92 Å². The first-order chi connectivity index (χ1) is 12.4. The molecule has 0 spiro atoms. The molecular weight excluding hydrogens is 362 g/mol. The normalized spacial score (nSPS) is 12.0. The van der Waals surface area contributed by atoms with E-state index in [1.165, 1.54) is 41.0 Å². The van der Waals surface area contributed by atoms with Crippen LogP contribution >= 0.6 is 0 Å². The van der Waals surface area contributed by atoms with Crippen LogP contribution in [0.2, 0.25) is 0 Å². The molecule has 0 saturated carbocycles. The molecule has 0 radical (unpaired) electrons. The van der Waals surface area contributed by atoms with Crippen LogP contribution in [0, 0.1) is 0 Å². The number of anilines is 1. The van der Waals surface area contributed by atoms with E-state index in [4.69, 9.17) is 8.83 Å². The molecule has 0 amide bonds. The van der Waals surface area contributed by atoms with Gasteiger partial charge >= 0.3 is 11.5 Å². The van der Waals surface area contributed by atoms with Crippen molar-refractivity contribution in [1.29, 1.82) is 0 Å². The Morgan fingerprint density at radius 3 is 2.65 bits per heavy atom. The average Bonchev–Trinajstić information content (AvgIpc) is 3.10. The third-order valence-electron chi connectivity index (χ3n) is 3.94. The van der Waals surface area contributed by atoms with Crippen molar-refractivity contribution >= 4 is 37.9 Å². The Balaban J connectivity index is 1.74. The van der Waals surface area contributed by atoms with Crippen LogP contribution in [0.25, 0.3) is 22.2 Å². The van der Waals surface area contributed by atoms with E-state index < -0.39 is 21.5 Å². The van der Waals surface area contributed by atoms with Crippen LogP contribution < -0.4 is 16.2 Å². The van der Waals surface area contributed by atoms with Gasteiger partial charge in [0.05, 0.1) is 21.6 Å². The minimum Gasteiger partial charge on any atom is -0.408 e. The predicted molar refractivity (Wildman–Crippen MR) is 93.8 cm³/mol. The van der Waals surface area contributed by atoms with Gasteiger partial charge in [0.15, 0.2) is 11.2 Å². The molecule has 0 aliphatic carbocycles. The van der Waals surface area contributed by atoms with Gasteiger partial charge in [-0.05, 0) is 37.3 Å². The number of oxazole rings is 2. The molecule has 26 heavy (non-hydrogen) atoms. The Morgan fingerprint density at radius 1 is 1.08 bits per heavy atom. The lowest BCUT2D eigenvalue weighted by Gasteiger charge is -2.08. The van der Waals surface area contributed by atoms with Crippen molar-refractivity contribution < 1.29 is 17.3 Å². The fourth-order valence-corrected chi connectivity index (χ4v) is 3.81.